The molecule has 0 aromatic carbocycles. The minimum absolute atomic E-state index is 0.0208. The Morgan fingerprint density at radius 1 is 0.741 bits per heavy atom. The van der Waals surface area contributed by atoms with Gasteiger partial charge in [0, 0.05) is 6.42 Å². The van der Waals surface area contributed by atoms with Gasteiger partial charge in [0.2, 0.25) is 11.8 Å². The second-order valence-corrected chi connectivity index (χ2v) is 5.67. The van der Waals surface area contributed by atoms with Gasteiger partial charge in [-0.05, 0) is 12.3 Å². The fourth-order valence-electron chi connectivity index (χ4n) is 1.01. The summed E-state index contributed by atoms with van der Waals surface area (Å²) in [5.74, 6) is -4.47. The summed E-state index contributed by atoms with van der Waals surface area (Å²) in [6, 6.07) is -2.86. The molecule has 0 fully saturated rings. The molecule has 3 unspecified atom stereocenters. The Bertz CT molecular complexity index is 512. The third-order valence-corrected chi connectivity index (χ3v) is 2.76. The lowest BCUT2D eigenvalue weighted by molar-refractivity contribution is -0.140. The predicted octanol–water partition coefficient (Wildman–Crippen LogP) is -3.01. The number of carboxylic acids is 3. The largest absolute Gasteiger partial charge is 0.480 e. The van der Waals surface area contributed by atoms with Crippen molar-refractivity contribution in [2.45, 2.75) is 51.2 Å². The van der Waals surface area contributed by atoms with Gasteiger partial charge in [0.15, 0.2) is 0 Å². The highest BCUT2D eigenvalue weighted by Gasteiger charge is 2.14. The lowest BCUT2D eigenvalue weighted by atomic mass is 10.1. The van der Waals surface area contributed by atoms with E-state index in [9.17, 15) is 24.0 Å². The van der Waals surface area contributed by atoms with Crippen molar-refractivity contribution in [3.8, 4) is 0 Å². The molecule has 0 aromatic rings. The molecule has 0 radical (unpaired) electrons. The summed E-state index contributed by atoms with van der Waals surface area (Å²) in [5, 5.41) is 24.5. The smallest absolute Gasteiger partial charge is 0.321 e. The first-order valence-electron chi connectivity index (χ1n) is 7.65. The Hall–Kier alpha value is -2.77. The zero-order valence-corrected chi connectivity index (χ0v) is 15.2. The fraction of sp³-hybridized carbons (Fsp3) is 0.643. The Kier molecular flexibility index (Phi) is 16.6. The van der Waals surface area contributed by atoms with Crippen molar-refractivity contribution in [2.24, 2.45) is 34.6 Å². The van der Waals surface area contributed by atoms with Crippen molar-refractivity contribution in [3.05, 3.63) is 0 Å². The summed E-state index contributed by atoms with van der Waals surface area (Å²) in [7, 11) is 0. The van der Waals surface area contributed by atoms with E-state index in [1.54, 1.807) is 13.8 Å². The van der Waals surface area contributed by atoms with Crippen LogP contribution >= 0.6 is 0 Å². The molecule has 0 aromatic heterocycles. The standard InChI is InChI=1S/C5H10N2O3.C5H11NO2.C4H8N2O3/c6-3(5(9)10)1-2-4(7)8;1-3(2)4(6)5(7)8;5-2(4(8)9)1-3(6)7/h3H,1-2,6H2,(H2,7,8)(H,9,10);3-4H,6H2,1-2H3,(H,7,8);2H,1,5H2,(H2,6,7)(H,8,9). The van der Waals surface area contributed by atoms with Gasteiger partial charge in [-0.25, -0.2) is 0 Å². The molecule has 3 atom stereocenters. The first-order chi connectivity index (χ1) is 12.1. The van der Waals surface area contributed by atoms with Gasteiger partial charge in [0.05, 0.1) is 6.42 Å². The number of carbonyl (C=O) groups excluding carboxylic acids is 2. The highest BCUT2D eigenvalue weighted by molar-refractivity contribution is 5.83. The molecule has 158 valence electrons. The summed E-state index contributed by atoms with van der Waals surface area (Å²) < 4.78 is 0. The molecule has 2 amide bonds. The molecule has 0 rings (SSSR count). The van der Waals surface area contributed by atoms with Crippen molar-refractivity contribution >= 4 is 29.7 Å². The predicted molar refractivity (Wildman–Crippen MR) is 93.9 cm³/mol. The van der Waals surface area contributed by atoms with Crippen LogP contribution in [-0.2, 0) is 24.0 Å². The van der Waals surface area contributed by atoms with E-state index < -0.39 is 47.8 Å². The number of rotatable bonds is 9. The topological polar surface area (TPSA) is 276 Å². The van der Waals surface area contributed by atoms with Crippen LogP contribution in [-0.4, -0.2) is 63.2 Å². The van der Waals surface area contributed by atoms with Crippen LogP contribution in [0.25, 0.3) is 0 Å². The second-order valence-electron chi connectivity index (χ2n) is 5.67. The molecule has 0 saturated heterocycles. The molecular formula is C14H29N5O8. The highest BCUT2D eigenvalue weighted by Crippen LogP contribution is 1.96. The van der Waals surface area contributed by atoms with Crippen LogP contribution in [0.4, 0.5) is 0 Å². The first kappa shape index (κ1) is 29.0. The molecule has 0 aliphatic carbocycles. The second kappa shape index (κ2) is 15.5. The van der Waals surface area contributed by atoms with Crippen molar-refractivity contribution in [2.75, 3.05) is 0 Å². The zero-order chi connectivity index (χ0) is 22.3. The van der Waals surface area contributed by atoms with E-state index in [0.29, 0.717) is 0 Å². The van der Waals surface area contributed by atoms with E-state index in [4.69, 9.17) is 38.3 Å². The summed E-state index contributed by atoms with van der Waals surface area (Å²) in [6.07, 6.45) is -0.187. The number of carboxylic acid groups (broad SMARTS) is 3. The van der Waals surface area contributed by atoms with Crippen molar-refractivity contribution in [1.29, 1.82) is 0 Å². The van der Waals surface area contributed by atoms with Gasteiger partial charge in [0.25, 0.3) is 0 Å². The van der Waals surface area contributed by atoms with Crippen molar-refractivity contribution in [1.82, 2.24) is 0 Å². The number of hydrogen-bond donors (Lipinski definition) is 8. The molecule has 0 aliphatic heterocycles. The van der Waals surface area contributed by atoms with Crippen LogP contribution in [0.5, 0.6) is 0 Å². The van der Waals surface area contributed by atoms with Crippen molar-refractivity contribution < 1.29 is 39.3 Å². The Balaban J connectivity index is -0.000000322. The highest BCUT2D eigenvalue weighted by atomic mass is 16.4. The molecule has 13 N–H and O–H groups in total. The van der Waals surface area contributed by atoms with Gasteiger partial charge in [-0.1, -0.05) is 13.8 Å². The van der Waals surface area contributed by atoms with E-state index >= 15 is 0 Å². The number of aliphatic carboxylic acids is 3. The quantitative estimate of drug-likeness (QED) is 0.194. The maximum absolute atomic E-state index is 10.1. The minimum Gasteiger partial charge on any atom is -0.480 e. The molecule has 13 heteroatoms. The number of nitrogens with two attached hydrogens (primary N) is 5. The summed E-state index contributed by atoms with van der Waals surface area (Å²) in [4.78, 5) is 50.0. The Morgan fingerprint density at radius 3 is 1.30 bits per heavy atom. The molecule has 0 bridgehead atoms. The normalized spacial score (nSPS) is 13.0. The SMILES string of the molecule is CC(C)C(N)C(=O)O.NC(=O)CC(N)C(=O)O.NC(=O)CCC(N)C(=O)O. The first-order valence-corrected chi connectivity index (χ1v) is 7.65. The number of hydrogen-bond acceptors (Lipinski definition) is 8. The monoisotopic (exact) mass is 395 g/mol. The van der Waals surface area contributed by atoms with E-state index in [1.807, 2.05) is 0 Å². The van der Waals surface area contributed by atoms with Gasteiger partial charge in [-0.2, -0.15) is 0 Å². The lowest BCUT2D eigenvalue weighted by Crippen LogP contribution is -2.34. The third kappa shape index (κ3) is 21.2. The Morgan fingerprint density at radius 2 is 1.15 bits per heavy atom. The molecule has 0 heterocycles. The van der Waals surface area contributed by atoms with Crippen LogP contribution in [0.15, 0.2) is 0 Å². The van der Waals surface area contributed by atoms with Crippen LogP contribution in [0.3, 0.4) is 0 Å². The van der Waals surface area contributed by atoms with E-state index in [0.717, 1.165) is 0 Å². The lowest BCUT2D eigenvalue weighted by Gasteiger charge is -2.07. The van der Waals surface area contributed by atoms with E-state index in [2.05, 4.69) is 5.73 Å². The number of carbonyl (C=O) groups is 5. The molecule has 0 saturated carbocycles. The zero-order valence-electron chi connectivity index (χ0n) is 15.2. The molecule has 0 aliphatic rings. The third-order valence-electron chi connectivity index (χ3n) is 2.76. The van der Waals surface area contributed by atoms with Gasteiger partial charge in [-0.15, -0.1) is 0 Å². The molecule has 13 nitrogen and oxygen atoms in total. The van der Waals surface area contributed by atoms with Crippen LogP contribution in [0, 0.1) is 5.92 Å². The summed E-state index contributed by atoms with van der Waals surface area (Å²) in [5.41, 5.74) is 24.5. The van der Waals surface area contributed by atoms with Gasteiger partial charge < -0.3 is 44.0 Å². The van der Waals surface area contributed by atoms with E-state index in [1.165, 1.54) is 0 Å². The maximum Gasteiger partial charge on any atom is 0.321 e. The van der Waals surface area contributed by atoms with Crippen LogP contribution in [0.1, 0.15) is 33.1 Å². The number of primary amides is 2. The fourth-order valence-corrected chi connectivity index (χ4v) is 1.01. The number of amides is 2. The average molecular weight is 395 g/mol. The van der Waals surface area contributed by atoms with Crippen molar-refractivity contribution in [3.63, 3.8) is 0 Å². The van der Waals surface area contributed by atoms with E-state index in [-0.39, 0.29) is 25.2 Å². The average Bonchev–Trinajstić information content (AvgIpc) is 2.51. The molecular weight excluding hydrogens is 366 g/mol. The maximum atomic E-state index is 10.1. The van der Waals surface area contributed by atoms with Crippen LogP contribution < -0.4 is 28.7 Å². The van der Waals surface area contributed by atoms with Gasteiger partial charge in [-0.3, -0.25) is 24.0 Å². The minimum atomic E-state index is -1.21. The molecule has 27 heavy (non-hydrogen) atoms. The molecule has 0 spiro atoms. The van der Waals surface area contributed by atoms with Crippen LogP contribution in [0.2, 0.25) is 0 Å². The van der Waals surface area contributed by atoms with Gasteiger partial charge in [0.1, 0.15) is 18.1 Å². The summed E-state index contributed by atoms with van der Waals surface area (Å²) >= 11 is 0. The summed E-state index contributed by atoms with van der Waals surface area (Å²) in [6.45, 7) is 3.55. The Labute approximate surface area is 155 Å². The van der Waals surface area contributed by atoms with Gasteiger partial charge >= 0.3 is 17.9 Å².